The van der Waals surface area contributed by atoms with Crippen LogP contribution in [0.5, 0.6) is 0 Å². The van der Waals surface area contributed by atoms with Crippen molar-refractivity contribution in [2.24, 2.45) is 0 Å². The molecule has 2 rings (SSSR count). The lowest BCUT2D eigenvalue weighted by atomic mass is 9.82. The van der Waals surface area contributed by atoms with E-state index in [9.17, 15) is 19.8 Å². The predicted octanol–water partition coefficient (Wildman–Crippen LogP) is 0.940. The van der Waals surface area contributed by atoms with E-state index in [-0.39, 0.29) is 18.7 Å². The predicted molar refractivity (Wildman–Crippen MR) is 68.8 cm³/mol. The third-order valence-corrected chi connectivity index (χ3v) is 4.31. The second kappa shape index (κ2) is 5.77. The standard InChI is InChI=1S/C13H22N2O4/c16-9-10-5-4-8-15(10)12(19)14-13(11(17)18)6-2-1-3-7-13/h10,16H,1-9H2,(H,14,19)(H,17,18). The van der Waals surface area contributed by atoms with Crippen molar-refractivity contribution in [3.05, 3.63) is 0 Å². The first-order valence-electron chi connectivity index (χ1n) is 7.02. The van der Waals surface area contributed by atoms with Gasteiger partial charge in [-0.05, 0) is 25.7 Å². The van der Waals surface area contributed by atoms with E-state index in [0.29, 0.717) is 19.4 Å². The number of nitrogens with one attached hydrogen (secondary N) is 1. The zero-order valence-electron chi connectivity index (χ0n) is 11.1. The molecule has 0 spiro atoms. The van der Waals surface area contributed by atoms with E-state index >= 15 is 0 Å². The first-order valence-corrected chi connectivity index (χ1v) is 7.02. The molecule has 1 saturated carbocycles. The molecule has 0 aromatic carbocycles. The van der Waals surface area contributed by atoms with E-state index in [1.165, 1.54) is 0 Å². The molecule has 3 N–H and O–H groups in total. The summed E-state index contributed by atoms with van der Waals surface area (Å²) >= 11 is 0. The summed E-state index contributed by atoms with van der Waals surface area (Å²) in [5.41, 5.74) is -1.11. The van der Waals surface area contributed by atoms with Gasteiger partial charge in [0.25, 0.3) is 0 Å². The number of aliphatic hydroxyl groups excluding tert-OH is 1. The number of amides is 2. The fraction of sp³-hybridized carbons (Fsp3) is 0.846. The molecule has 1 atom stereocenters. The van der Waals surface area contributed by atoms with Gasteiger partial charge in [0.2, 0.25) is 0 Å². The highest BCUT2D eigenvalue weighted by molar-refractivity contribution is 5.86. The van der Waals surface area contributed by atoms with Crippen LogP contribution < -0.4 is 5.32 Å². The Hall–Kier alpha value is -1.30. The van der Waals surface area contributed by atoms with Crippen LogP contribution in [0.2, 0.25) is 0 Å². The second-order valence-electron chi connectivity index (χ2n) is 5.55. The Morgan fingerprint density at radius 2 is 1.89 bits per heavy atom. The van der Waals surface area contributed by atoms with Crippen LogP contribution in [-0.2, 0) is 4.79 Å². The lowest BCUT2D eigenvalue weighted by Gasteiger charge is -2.36. The minimum atomic E-state index is -1.11. The fourth-order valence-electron chi connectivity index (χ4n) is 3.12. The van der Waals surface area contributed by atoms with Gasteiger partial charge in [-0.2, -0.15) is 0 Å². The maximum atomic E-state index is 12.2. The van der Waals surface area contributed by atoms with Gasteiger partial charge in [-0.25, -0.2) is 9.59 Å². The smallest absolute Gasteiger partial charge is 0.329 e. The lowest BCUT2D eigenvalue weighted by Crippen LogP contribution is -2.59. The Kier molecular flexibility index (Phi) is 4.29. The summed E-state index contributed by atoms with van der Waals surface area (Å²) in [6.07, 6.45) is 5.31. The second-order valence-corrected chi connectivity index (χ2v) is 5.55. The molecule has 108 valence electrons. The SMILES string of the molecule is O=C(NC1(C(=O)O)CCCCC1)N1CCCC1CO. The number of carboxylic acids is 1. The molecular weight excluding hydrogens is 248 g/mol. The van der Waals surface area contributed by atoms with E-state index in [2.05, 4.69) is 5.32 Å². The summed E-state index contributed by atoms with van der Waals surface area (Å²) in [6, 6.07) is -0.518. The molecule has 0 radical (unpaired) electrons. The number of hydrogen-bond acceptors (Lipinski definition) is 3. The average Bonchev–Trinajstić information content (AvgIpc) is 2.88. The van der Waals surface area contributed by atoms with Gasteiger partial charge in [0, 0.05) is 6.54 Å². The van der Waals surface area contributed by atoms with Gasteiger partial charge in [-0.1, -0.05) is 19.3 Å². The zero-order chi connectivity index (χ0) is 13.9. The molecule has 2 aliphatic rings. The number of aliphatic hydroxyl groups is 1. The van der Waals surface area contributed by atoms with E-state index < -0.39 is 11.5 Å². The minimum Gasteiger partial charge on any atom is -0.480 e. The van der Waals surface area contributed by atoms with Crippen molar-refractivity contribution in [2.75, 3.05) is 13.2 Å². The number of carbonyl (C=O) groups excluding carboxylic acids is 1. The van der Waals surface area contributed by atoms with E-state index in [1.807, 2.05) is 0 Å². The quantitative estimate of drug-likeness (QED) is 0.712. The number of carboxylic acid groups (broad SMARTS) is 1. The van der Waals surface area contributed by atoms with Gasteiger partial charge in [-0.3, -0.25) is 0 Å². The van der Waals surface area contributed by atoms with Crippen molar-refractivity contribution < 1.29 is 19.8 Å². The van der Waals surface area contributed by atoms with Crippen molar-refractivity contribution in [1.82, 2.24) is 10.2 Å². The molecule has 6 heteroatoms. The summed E-state index contributed by atoms with van der Waals surface area (Å²) in [6.45, 7) is 0.528. The molecule has 19 heavy (non-hydrogen) atoms. The van der Waals surface area contributed by atoms with Crippen LogP contribution in [0.15, 0.2) is 0 Å². The molecule has 0 aromatic rings. The molecule has 2 fully saturated rings. The van der Waals surface area contributed by atoms with Gasteiger partial charge in [0.05, 0.1) is 12.6 Å². The van der Waals surface area contributed by atoms with Gasteiger partial charge in [-0.15, -0.1) is 0 Å². The summed E-state index contributed by atoms with van der Waals surface area (Å²) in [4.78, 5) is 25.3. The van der Waals surface area contributed by atoms with Crippen LogP contribution in [0, 0.1) is 0 Å². The Bertz CT molecular complexity index is 353. The highest BCUT2D eigenvalue weighted by atomic mass is 16.4. The maximum Gasteiger partial charge on any atom is 0.329 e. The third kappa shape index (κ3) is 2.83. The Morgan fingerprint density at radius 1 is 1.21 bits per heavy atom. The highest BCUT2D eigenvalue weighted by Crippen LogP contribution is 2.29. The Labute approximate surface area is 112 Å². The Morgan fingerprint density at radius 3 is 2.47 bits per heavy atom. The number of carbonyl (C=O) groups is 2. The summed E-state index contributed by atoms with van der Waals surface area (Å²) in [7, 11) is 0. The number of hydrogen-bond donors (Lipinski definition) is 3. The maximum absolute atomic E-state index is 12.2. The lowest BCUT2D eigenvalue weighted by molar-refractivity contribution is -0.146. The third-order valence-electron chi connectivity index (χ3n) is 4.31. The largest absolute Gasteiger partial charge is 0.480 e. The number of urea groups is 1. The number of rotatable bonds is 3. The monoisotopic (exact) mass is 270 g/mol. The molecule has 2 amide bonds. The molecule has 1 heterocycles. The number of nitrogens with zero attached hydrogens (tertiary/aromatic N) is 1. The van der Waals surface area contributed by atoms with Crippen LogP contribution >= 0.6 is 0 Å². The molecular formula is C13H22N2O4. The fourth-order valence-corrected chi connectivity index (χ4v) is 3.12. The summed E-state index contributed by atoms with van der Waals surface area (Å²) < 4.78 is 0. The van der Waals surface area contributed by atoms with Crippen LogP contribution in [-0.4, -0.2) is 51.8 Å². The molecule has 1 unspecified atom stereocenters. The van der Waals surface area contributed by atoms with E-state index in [4.69, 9.17) is 0 Å². The first-order chi connectivity index (χ1) is 9.09. The molecule has 1 aliphatic heterocycles. The van der Waals surface area contributed by atoms with Gasteiger partial charge < -0.3 is 20.4 Å². The average molecular weight is 270 g/mol. The minimum absolute atomic E-state index is 0.0620. The molecule has 0 bridgehead atoms. The molecule has 1 aliphatic carbocycles. The highest BCUT2D eigenvalue weighted by Gasteiger charge is 2.42. The number of likely N-dealkylation sites (tertiary alicyclic amines) is 1. The van der Waals surface area contributed by atoms with Crippen molar-refractivity contribution >= 4 is 12.0 Å². The number of aliphatic carboxylic acids is 1. The summed E-state index contributed by atoms with van der Waals surface area (Å²) in [5, 5.41) is 21.4. The Balaban J connectivity index is 2.04. The topological polar surface area (TPSA) is 89.9 Å². The normalized spacial score (nSPS) is 26.2. The van der Waals surface area contributed by atoms with Crippen LogP contribution in [0.25, 0.3) is 0 Å². The van der Waals surface area contributed by atoms with Crippen molar-refractivity contribution in [2.45, 2.75) is 56.5 Å². The van der Waals surface area contributed by atoms with Gasteiger partial charge in [0.1, 0.15) is 5.54 Å². The van der Waals surface area contributed by atoms with Crippen LogP contribution in [0.3, 0.4) is 0 Å². The molecule has 6 nitrogen and oxygen atoms in total. The van der Waals surface area contributed by atoms with E-state index in [0.717, 1.165) is 32.1 Å². The van der Waals surface area contributed by atoms with Crippen LogP contribution in [0.4, 0.5) is 4.79 Å². The van der Waals surface area contributed by atoms with Crippen molar-refractivity contribution in [3.63, 3.8) is 0 Å². The van der Waals surface area contributed by atoms with Crippen molar-refractivity contribution in [3.8, 4) is 0 Å². The van der Waals surface area contributed by atoms with Crippen LogP contribution in [0.1, 0.15) is 44.9 Å². The zero-order valence-corrected chi connectivity index (χ0v) is 11.1. The molecule has 0 aromatic heterocycles. The molecule has 1 saturated heterocycles. The van der Waals surface area contributed by atoms with Gasteiger partial charge in [0.15, 0.2) is 0 Å². The first kappa shape index (κ1) is 14.1. The summed E-state index contributed by atoms with van der Waals surface area (Å²) in [5.74, 6) is -0.944. The van der Waals surface area contributed by atoms with E-state index in [1.54, 1.807) is 4.90 Å². The van der Waals surface area contributed by atoms with Gasteiger partial charge >= 0.3 is 12.0 Å². The van der Waals surface area contributed by atoms with Crippen molar-refractivity contribution in [1.29, 1.82) is 0 Å².